The van der Waals surface area contributed by atoms with E-state index in [4.69, 9.17) is 11.5 Å². The number of nitrogens with two attached hydrogens (primary N) is 2. The van der Waals surface area contributed by atoms with Crippen molar-refractivity contribution in [3.8, 4) is 0 Å². The van der Waals surface area contributed by atoms with Gasteiger partial charge in [-0.05, 0) is 74.5 Å². The zero-order valence-corrected chi connectivity index (χ0v) is 15.7. The normalized spacial score (nSPS) is 16.7. The largest absolute Gasteiger partial charge is 0.399 e. The predicted octanol–water partition coefficient (Wildman–Crippen LogP) is 3.58. The van der Waals surface area contributed by atoms with Crippen LogP contribution in [0.1, 0.15) is 36.0 Å². The molecule has 0 saturated carbocycles. The maximum absolute atomic E-state index is 6.17. The maximum atomic E-state index is 6.17. The van der Waals surface area contributed by atoms with Crippen molar-refractivity contribution in [1.82, 2.24) is 4.90 Å². The molecule has 0 amide bonds. The third-order valence-electron chi connectivity index (χ3n) is 5.30. The van der Waals surface area contributed by atoms with Gasteiger partial charge in [0.2, 0.25) is 0 Å². The Kier molecular flexibility index (Phi) is 6.29. The number of aliphatic imine (C=N–C) groups is 1. The van der Waals surface area contributed by atoms with Crippen molar-refractivity contribution in [2.24, 2.45) is 16.6 Å². The number of benzene rings is 2. The Bertz CT molecular complexity index is 731. The lowest BCUT2D eigenvalue weighted by atomic mass is 9.93. The molecule has 4 heteroatoms. The van der Waals surface area contributed by atoms with Crippen molar-refractivity contribution in [3.63, 3.8) is 0 Å². The first-order valence-electron chi connectivity index (χ1n) is 9.54. The minimum Gasteiger partial charge on any atom is -0.399 e. The van der Waals surface area contributed by atoms with Crippen LogP contribution in [0.15, 0.2) is 53.5 Å². The quantitative estimate of drug-likeness (QED) is 0.475. The summed E-state index contributed by atoms with van der Waals surface area (Å²) in [6.45, 7) is 6.25. The Hall–Kier alpha value is -2.33. The Morgan fingerprint density at radius 3 is 2.54 bits per heavy atom. The number of amidine groups is 1. The van der Waals surface area contributed by atoms with Gasteiger partial charge in [-0.2, -0.15) is 0 Å². The maximum Gasteiger partial charge on any atom is 0.125 e. The average molecular weight is 351 g/mol. The molecule has 0 aliphatic carbocycles. The van der Waals surface area contributed by atoms with Crippen LogP contribution in [0.25, 0.3) is 0 Å². The lowest BCUT2D eigenvalue weighted by Crippen LogP contribution is -2.33. The number of piperidine rings is 1. The van der Waals surface area contributed by atoms with Crippen LogP contribution in [0.4, 0.5) is 5.69 Å². The molecule has 0 unspecified atom stereocenters. The molecule has 0 spiro atoms. The Morgan fingerprint density at radius 2 is 1.85 bits per heavy atom. The second-order valence-electron chi connectivity index (χ2n) is 7.34. The smallest absolute Gasteiger partial charge is 0.125 e. The fourth-order valence-electron chi connectivity index (χ4n) is 3.70. The zero-order valence-electron chi connectivity index (χ0n) is 15.7. The van der Waals surface area contributed by atoms with Gasteiger partial charge in [-0.25, -0.2) is 0 Å². The molecule has 0 bridgehead atoms. The van der Waals surface area contributed by atoms with Gasteiger partial charge in [-0.1, -0.05) is 30.3 Å². The second-order valence-corrected chi connectivity index (χ2v) is 7.34. The molecule has 1 aliphatic rings. The molecule has 2 aromatic carbocycles. The summed E-state index contributed by atoms with van der Waals surface area (Å²) in [5.41, 5.74) is 16.2. The van der Waals surface area contributed by atoms with E-state index >= 15 is 0 Å². The van der Waals surface area contributed by atoms with Gasteiger partial charge >= 0.3 is 0 Å². The van der Waals surface area contributed by atoms with E-state index < -0.39 is 0 Å². The van der Waals surface area contributed by atoms with Crippen molar-refractivity contribution < 1.29 is 0 Å². The summed E-state index contributed by atoms with van der Waals surface area (Å²) in [4.78, 5) is 7.16. The molecule has 0 aromatic heterocycles. The standard InChI is InChI=1S/C22H30N4/c1-17-15-20(23)7-8-21(17)22(24)25-12-9-18-10-13-26(14-11-18)16-19-5-3-2-4-6-19/h2-8,15,18H,9-14,16,23H2,1H3,(H2,24,25). The van der Waals surface area contributed by atoms with E-state index in [1.54, 1.807) is 0 Å². The van der Waals surface area contributed by atoms with Crippen molar-refractivity contribution in [2.75, 3.05) is 25.4 Å². The number of nitrogens with zero attached hydrogens (tertiary/aromatic N) is 2. The highest BCUT2D eigenvalue weighted by Gasteiger charge is 2.18. The number of likely N-dealkylation sites (tertiary alicyclic amines) is 1. The lowest BCUT2D eigenvalue weighted by Gasteiger charge is -2.31. The van der Waals surface area contributed by atoms with E-state index in [1.807, 2.05) is 25.1 Å². The van der Waals surface area contributed by atoms with Crippen molar-refractivity contribution in [2.45, 2.75) is 32.7 Å². The van der Waals surface area contributed by atoms with Crippen LogP contribution >= 0.6 is 0 Å². The first-order chi connectivity index (χ1) is 12.6. The van der Waals surface area contributed by atoms with Gasteiger partial charge in [0.15, 0.2) is 0 Å². The first kappa shape index (κ1) is 18.5. The third-order valence-corrected chi connectivity index (χ3v) is 5.30. The minimum absolute atomic E-state index is 0.629. The topological polar surface area (TPSA) is 67.6 Å². The van der Waals surface area contributed by atoms with Crippen LogP contribution < -0.4 is 11.5 Å². The predicted molar refractivity (Wildman–Crippen MR) is 110 cm³/mol. The highest BCUT2D eigenvalue weighted by molar-refractivity contribution is 5.99. The van der Waals surface area contributed by atoms with Crippen molar-refractivity contribution in [3.05, 3.63) is 65.2 Å². The van der Waals surface area contributed by atoms with Gasteiger partial charge in [0.1, 0.15) is 5.84 Å². The number of nitrogen functional groups attached to an aromatic ring is 1. The van der Waals surface area contributed by atoms with Crippen molar-refractivity contribution >= 4 is 11.5 Å². The minimum atomic E-state index is 0.629. The molecule has 138 valence electrons. The molecule has 1 fully saturated rings. The summed E-state index contributed by atoms with van der Waals surface area (Å²) in [5, 5.41) is 0. The summed E-state index contributed by atoms with van der Waals surface area (Å²) < 4.78 is 0. The highest BCUT2D eigenvalue weighted by atomic mass is 15.1. The molecule has 4 nitrogen and oxygen atoms in total. The lowest BCUT2D eigenvalue weighted by molar-refractivity contribution is 0.173. The fraction of sp³-hybridized carbons (Fsp3) is 0.409. The number of aryl methyl sites for hydroxylation is 1. The molecule has 1 heterocycles. The van der Waals surface area contributed by atoms with Crippen LogP contribution in [-0.4, -0.2) is 30.4 Å². The molecule has 1 saturated heterocycles. The molecule has 0 atom stereocenters. The second kappa shape index (κ2) is 8.86. The van der Waals surface area contributed by atoms with Gasteiger partial charge in [0.05, 0.1) is 0 Å². The molecule has 4 N–H and O–H groups in total. The molecule has 3 rings (SSSR count). The van der Waals surface area contributed by atoms with Crippen molar-refractivity contribution in [1.29, 1.82) is 0 Å². The van der Waals surface area contributed by atoms with E-state index in [1.165, 1.54) is 31.5 Å². The zero-order chi connectivity index (χ0) is 18.4. The highest BCUT2D eigenvalue weighted by Crippen LogP contribution is 2.22. The van der Waals surface area contributed by atoms with Crippen LogP contribution in [0, 0.1) is 12.8 Å². The first-order valence-corrected chi connectivity index (χ1v) is 9.54. The Morgan fingerprint density at radius 1 is 1.12 bits per heavy atom. The number of rotatable bonds is 6. The summed E-state index contributed by atoms with van der Waals surface area (Å²) in [6.07, 6.45) is 3.63. The Labute approximate surface area is 156 Å². The molecule has 26 heavy (non-hydrogen) atoms. The van der Waals surface area contributed by atoms with E-state index in [-0.39, 0.29) is 0 Å². The Balaban J connectivity index is 1.43. The summed E-state index contributed by atoms with van der Waals surface area (Å²) >= 11 is 0. The molecule has 0 radical (unpaired) electrons. The SMILES string of the molecule is Cc1cc(N)ccc1C(N)=NCCC1CCN(Cc2ccccc2)CC1. The van der Waals surface area contributed by atoms with Gasteiger partial charge in [-0.3, -0.25) is 9.89 Å². The fourth-order valence-corrected chi connectivity index (χ4v) is 3.70. The van der Waals surface area contributed by atoms with Crippen LogP contribution in [-0.2, 0) is 6.54 Å². The summed E-state index contributed by atoms with van der Waals surface area (Å²) in [6, 6.07) is 16.5. The number of hydrogen-bond acceptors (Lipinski definition) is 3. The molecule has 1 aliphatic heterocycles. The molecular weight excluding hydrogens is 320 g/mol. The van der Waals surface area contributed by atoms with E-state index in [0.717, 1.165) is 42.2 Å². The average Bonchev–Trinajstić information content (AvgIpc) is 2.64. The van der Waals surface area contributed by atoms with Crippen LogP contribution in [0.2, 0.25) is 0 Å². The van der Waals surface area contributed by atoms with Crippen LogP contribution in [0.5, 0.6) is 0 Å². The molecule has 2 aromatic rings. The van der Waals surface area contributed by atoms with Crippen LogP contribution in [0.3, 0.4) is 0 Å². The molecular formula is C22H30N4. The number of anilines is 1. The van der Waals surface area contributed by atoms with E-state index in [9.17, 15) is 0 Å². The number of hydrogen-bond donors (Lipinski definition) is 2. The van der Waals surface area contributed by atoms with Gasteiger partial charge in [-0.15, -0.1) is 0 Å². The van der Waals surface area contributed by atoms with E-state index in [2.05, 4.69) is 40.2 Å². The third kappa shape index (κ3) is 5.09. The van der Waals surface area contributed by atoms with Gasteiger partial charge in [0.25, 0.3) is 0 Å². The summed E-state index contributed by atoms with van der Waals surface area (Å²) in [7, 11) is 0. The van der Waals surface area contributed by atoms with Gasteiger partial charge in [0, 0.05) is 24.3 Å². The monoisotopic (exact) mass is 350 g/mol. The summed E-state index contributed by atoms with van der Waals surface area (Å²) in [5.74, 6) is 1.38. The van der Waals surface area contributed by atoms with Gasteiger partial charge < -0.3 is 11.5 Å². The van der Waals surface area contributed by atoms with E-state index in [0.29, 0.717) is 5.84 Å².